The maximum atomic E-state index is 14.9. The van der Waals surface area contributed by atoms with Gasteiger partial charge in [0.15, 0.2) is 0 Å². The lowest BCUT2D eigenvalue weighted by Crippen LogP contribution is -2.49. The lowest BCUT2D eigenvalue weighted by atomic mass is 9.51. The maximum Gasteiger partial charge on any atom is 0.242 e. The Hall–Kier alpha value is -4.28. The minimum Gasteiger partial charge on any atom is -0.508 e. The first-order chi connectivity index (χ1) is 23.0. The summed E-state index contributed by atoms with van der Waals surface area (Å²) in [4.78, 5) is 60.3. The van der Waals surface area contributed by atoms with Crippen LogP contribution in [0, 0.1) is 36.0 Å². The zero-order valence-corrected chi connectivity index (χ0v) is 28.6. The number of halogens is 1. The van der Waals surface area contributed by atoms with Gasteiger partial charge >= 0.3 is 0 Å². The first-order valence-electron chi connectivity index (χ1n) is 16.4. The van der Waals surface area contributed by atoms with Crippen LogP contribution >= 0.6 is 22.9 Å². The topological polar surface area (TPSA) is 113 Å². The fourth-order valence-electron chi connectivity index (χ4n) is 9.03. The lowest BCUT2D eigenvalue weighted by molar-refractivity contribution is -0.140. The molecule has 48 heavy (non-hydrogen) atoms. The van der Waals surface area contributed by atoms with Gasteiger partial charge in [0.1, 0.15) is 17.3 Å². The van der Waals surface area contributed by atoms with E-state index in [1.807, 2.05) is 51.1 Å². The number of nitrogens with zero attached hydrogens (tertiary/aromatic N) is 4. The van der Waals surface area contributed by atoms with E-state index < -0.39 is 35.0 Å². The Kier molecular flexibility index (Phi) is 7.02. The number of aromatic nitrogens is 2. The third kappa shape index (κ3) is 4.11. The lowest BCUT2D eigenvalue weighted by Gasteiger charge is -2.49. The van der Waals surface area contributed by atoms with E-state index in [-0.39, 0.29) is 35.8 Å². The van der Waals surface area contributed by atoms with Gasteiger partial charge in [0.25, 0.3) is 0 Å². The van der Waals surface area contributed by atoms with Crippen molar-refractivity contribution in [2.24, 2.45) is 36.1 Å². The molecule has 11 heteroatoms. The number of aryl methyl sites for hydroxylation is 2. The predicted molar refractivity (Wildman–Crippen MR) is 184 cm³/mol. The molecule has 2 aliphatic heterocycles. The van der Waals surface area contributed by atoms with E-state index in [0.717, 1.165) is 26.1 Å². The molecule has 8 rings (SSSR count). The smallest absolute Gasteiger partial charge is 0.242 e. The zero-order chi connectivity index (χ0) is 33.8. The number of fused-ring (bicyclic) bond motifs is 5. The summed E-state index contributed by atoms with van der Waals surface area (Å²) < 4.78 is 2.63. The molecule has 2 aromatic carbocycles. The summed E-state index contributed by atoms with van der Waals surface area (Å²) in [6, 6.07) is 14.5. The van der Waals surface area contributed by atoms with Gasteiger partial charge in [-0.3, -0.25) is 28.8 Å². The van der Waals surface area contributed by atoms with Crippen molar-refractivity contribution in [1.82, 2.24) is 14.7 Å². The number of allylic oxidation sites excluding steroid dienone is 2. The standard InChI is InChI=1S/C37H35ClN4O5S/c1-5-14-41-33(44)22-12-11-20-24(30(22)35(41)46)16-25-34(45)42(36(47)37(25,3)31(20)21-8-6-7-9-27(21)43)29-17-26(39-40(29)4)32-18(2)23-15-19(38)10-13-28(23)48-32/h6-11,13,15,17,22,24-25,30-31,43H,5,12,14,16H2,1-4H3/t22-,24+,25-,30-,31+,37+/m0/s1. The highest BCUT2D eigenvalue weighted by molar-refractivity contribution is 7.22. The van der Waals surface area contributed by atoms with Crippen molar-refractivity contribution in [2.75, 3.05) is 11.4 Å². The quantitative estimate of drug-likeness (QED) is 0.187. The molecule has 2 aromatic heterocycles. The van der Waals surface area contributed by atoms with Gasteiger partial charge in [-0.2, -0.15) is 5.10 Å². The van der Waals surface area contributed by atoms with Crippen molar-refractivity contribution in [3.8, 4) is 16.3 Å². The summed E-state index contributed by atoms with van der Waals surface area (Å²) in [6.45, 7) is 6.12. The molecule has 2 saturated heterocycles. The average molecular weight is 683 g/mol. The first kappa shape index (κ1) is 31.0. The summed E-state index contributed by atoms with van der Waals surface area (Å²) >= 11 is 7.86. The molecule has 9 nitrogen and oxygen atoms in total. The molecule has 0 radical (unpaired) electrons. The fraction of sp³-hybridized carbons (Fsp3) is 0.378. The molecule has 4 amide bonds. The molecular formula is C37H35ClN4O5S. The Morgan fingerprint density at radius 3 is 2.56 bits per heavy atom. The Morgan fingerprint density at radius 1 is 1.04 bits per heavy atom. The number of carbonyl (C=O) groups is 4. The van der Waals surface area contributed by atoms with Crippen LogP contribution in [-0.4, -0.2) is 50.0 Å². The number of imide groups is 2. The van der Waals surface area contributed by atoms with E-state index in [2.05, 4.69) is 0 Å². The van der Waals surface area contributed by atoms with E-state index in [1.54, 1.807) is 47.3 Å². The van der Waals surface area contributed by atoms with Crippen molar-refractivity contribution in [3.63, 3.8) is 0 Å². The Balaban J connectivity index is 1.25. The second kappa shape index (κ2) is 10.9. The largest absolute Gasteiger partial charge is 0.508 e. The first-order valence-corrected chi connectivity index (χ1v) is 17.6. The van der Waals surface area contributed by atoms with Crippen LogP contribution in [0.1, 0.15) is 50.2 Å². The van der Waals surface area contributed by atoms with Gasteiger partial charge in [-0.15, -0.1) is 11.3 Å². The van der Waals surface area contributed by atoms with Gasteiger partial charge in [-0.1, -0.05) is 48.4 Å². The van der Waals surface area contributed by atoms with E-state index in [0.29, 0.717) is 41.5 Å². The van der Waals surface area contributed by atoms with E-state index in [9.17, 15) is 24.3 Å². The number of para-hydroxylation sites is 1. The number of hydrogen-bond donors (Lipinski definition) is 1. The van der Waals surface area contributed by atoms with Crippen molar-refractivity contribution < 1.29 is 24.3 Å². The second-order valence-corrected chi connectivity index (χ2v) is 15.2. The van der Waals surface area contributed by atoms with Crippen LogP contribution in [-0.2, 0) is 26.2 Å². The molecular weight excluding hydrogens is 648 g/mol. The summed E-state index contributed by atoms with van der Waals surface area (Å²) in [6.07, 6.45) is 3.30. The van der Waals surface area contributed by atoms with Crippen LogP contribution < -0.4 is 4.90 Å². The number of anilines is 1. The molecule has 2 aliphatic carbocycles. The number of rotatable bonds is 5. The average Bonchev–Trinajstić information content (AvgIpc) is 3.73. The SMILES string of the molecule is CCCN1C(=O)[C@H]2[C@H](CC=C3[C@H]2C[C@H]2C(=O)N(c4cc(-c5sc6ccc(Cl)cc6c5C)nn4C)C(=O)[C@@]2(C)[C@H]3c2ccccc2O)C1=O. The van der Waals surface area contributed by atoms with Crippen LogP contribution in [0.5, 0.6) is 5.75 Å². The number of likely N-dealkylation sites (tertiary alicyclic amines) is 1. The van der Waals surface area contributed by atoms with Crippen LogP contribution in [0.4, 0.5) is 5.82 Å². The predicted octanol–water partition coefficient (Wildman–Crippen LogP) is 6.61. The number of amides is 4. The van der Waals surface area contributed by atoms with E-state index >= 15 is 0 Å². The van der Waals surface area contributed by atoms with Gasteiger partial charge in [0, 0.05) is 40.9 Å². The Morgan fingerprint density at radius 2 is 1.81 bits per heavy atom. The molecule has 6 atom stereocenters. The highest BCUT2D eigenvalue weighted by atomic mass is 35.5. The normalized spacial score (nSPS) is 28.3. The number of phenolic OH excluding ortho intramolecular Hbond substituents is 1. The van der Waals surface area contributed by atoms with Crippen molar-refractivity contribution in [2.45, 2.75) is 46.0 Å². The van der Waals surface area contributed by atoms with Gasteiger partial charge in [0.2, 0.25) is 23.6 Å². The van der Waals surface area contributed by atoms with Gasteiger partial charge < -0.3 is 5.11 Å². The minimum absolute atomic E-state index is 0.0226. The highest BCUT2D eigenvalue weighted by Gasteiger charge is 2.68. The summed E-state index contributed by atoms with van der Waals surface area (Å²) in [5.74, 6) is -3.69. The van der Waals surface area contributed by atoms with Crippen molar-refractivity contribution >= 4 is 62.5 Å². The Bertz CT molecular complexity index is 2120. The molecule has 1 N–H and O–H groups in total. The van der Waals surface area contributed by atoms with Crippen molar-refractivity contribution in [3.05, 3.63) is 76.3 Å². The van der Waals surface area contributed by atoms with Crippen LogP contribution in [0.25, 0.3) is 20.7 Å². The van der Waals surface area contributed by atoms with E-state index in [1.165, 1.54) is 9.80 Å². The number of hydrogen-bond acceptors (Lipinski definition) is 7. The third-order valence-electron chi connectivity index (χ3n) is 11.3. The Labute approximate surface area is 286 Å². The second-order valence-electron chi connectivity index (χ2n) is 13.8. The number of phenols is 1. The van der Waals surface area contributed by atoms with Gasteiger partial charge in [-0.25, -0.2) is 4.90 Å². The fourth-order valence-corrected chi connectivity index (χ4v) is 10.4. The molecule has 0 bridgehead atoms. The number of aromatic hydroxyl groups is 1. The molecule has 1 saturated carbocycles. The summed E-state index contributed by atoms with van der Waals surface area (Å²) in [5.41, 5.74) is 1.79. The monoisotopic (exact) mass is 682 g/mol. The molecule has 0 unspecified atom stereocenters. The number of thiophene rings is 1. The maximum absolute atomic E-state index is 14.9. The number of benzene rings is 2. The molecule has 4 aliphatic rings. The molecule has 0 spiro atoms. The highest BCUT2D eigenvalue weighted by Crippen LogP contribution is 2.64. The van der Waals surface area contributed by atoms with Crippen LogP contribution in [0.3, 0.4) is 0 Å². The van der Waals surface area contributed by atoms with E-state index in [4.69, 9.17) is 16.7 Å². The van der Waals surface area contributed by atoms with Gasteiger partial charge in [0.05, 0.1) is 28.0 Å². The van der Waals surface area contributed by atoms with Crippen LogP contribution in [0.2, 0.25) is 5.02 Å². The van der Waals surface area contributed by atoms with Crippen molar-refractivity contribution in [1.29, 1.82) is 0 Å². The zero-order valence-electron chi connectivity index (χ0n) is 27.1. The minimum atomic E-state index is -1.26. The van der Waals surface area contributed by atoms with Crippen LogP contribution in [0.15, 0.2) is 60.2 Å². The molecule has 4 heterocycles. The summed E-state index contributed by atoms with van der Waals surface area (Å²) in [5, 5.41) is 17.6. The molecule has 4 aromatic rings. The third-order valence-corrected chi connectivity index (χ3v) is 12.8. The summed E-state index contributed by atoms with van der Waals surface area (Å²) in [7, 11) is 1.72. The molecule has 3 fully saturated rings. The van der Waals surface area contributed by atoms with Gasteiger partial charge in [-0.05, 0) is 74.2 Å². The molecule has 246 valence electrons. The number of carbonyl (C=O) groups excluding carboxylic acids is 4.